The molecule has 0 radical (unpaired) electrons. The molecule has 1 aliphatic carbocycles. The number of aromatic nitrogens is 1. The summed E-state index contributed by atoms with van der Waals surface area (Å²) in [4.78, 5) is 15.6. The van der Waals surface area contributed by atoms with Crippen LogP contribution in [-0.2, 0) is 11.2 Å². The summed E-state index contributed by atoms with van der Waals surface area (Å²) in [6.45, 7) is 2.02. The number of carbonyl (C=O) groups is 1. The van der Waals surface area contributed by atoms with Gasteiger partial charge in [0.1, 0.15) is 0 Å². The number of hydrogen-bond acceptors (Lipinski definition) is 2. The molecule has 0 aromatic carbocycles. The van der Waals surface area contributed by atoms with Crippen molar-refractivity contribution in [1.82, 2.24) is 4.98 Å². The third-order valence-electron chi connectivity index (χ3n) is 2.54. The van der Waals surface area contributed by atoms with Crippen molar-refractivity contribution in [3.8, 4) is 0 Å². The van der Waals surface area contributed by atoms with E-state index in [1.165, 1.54) is 0 Å². The molecule has 15 heavy (non-hydrogen) atoms. The van der Waals surface area contributed by atoms with E-state index < -0.39 is 0 Å². The van der Waals surface area contributed by atoms with Crippen LogP contribution in [0.4, 0.5) is 5.82 Å². The largest absolute Gasteiger partial charge is 0.309 e. The summed E-state index contributed by atoms with van der Waals surface area (Å²) in [6.07, 6.45) is 4.48. The summed E-state index contributed by atoms with van der Waals surface area (Å²) in [5.41, 5.74) is 1.01. The van der Waals surface area contributed by atoms with Crippen molar-refractivity contribution in [2.45, 2.75) is 26.2 Å². The Bertz CT molecular complexity index is 388. The highest BCUT2D eigenvalue weighted by Crippen LogP contribution is 2.31. The van der Waals surface area contributed by atoms with Gasteiger partial charge < -0.3 is 5.32 Å². The van der Waals surface area contributed by atoms with Crippen LogP contribution in [0.25, 0.3) is 0 Å². The molecule has 2 rings (SSSR count). The average molecular weight is 225 g/mol. The number of nitrogens with zero attached hydrogens (tertiary/aromatic N) is 1. The van der Waals surface area contributed by atoms with E-state index in [1.54, 1.807) is 6.20 Å². The van der Waals surface area contributed by atoms with Crippen LogP contribution in [-0.4, -0.2) is 10.9 Å². The molecule has 0 atom stereocenters. The second-order valence-corrected chi connectivity index (χ2v) is 4.13. The maximum Gasteiger partial charge on any atom is 0.228 e. The summed E-state index contributed by atoms with van der Waals surface area (Å²) in [7, 11) is 0. The van der Waals surface area contributed by atoms with Crippen molar-refractivity contribution in [2.24, 2.45) is 5.92 Å². The summed E-state index contributed by atoms with van der Waals surface area (Å²) >= 11 is 6.10. The third kappa shape index (κ3) is 2.29. The first-order valence-electron chi connectivity index (χ1n) is 5.16. The van der Waals surface area contributed by atoms with Crippen molar-refractivity contribution in [2.75, 3.05) is 5.32 Å². The number of pyridine rings is 1. The molecule has 0 bridgehead atoms. The van der Waals surface area contributed by atoms with Crippen molar-refractivity contribution in [3.05, 3.63) is 22.8 Å². The van der Waals surface area contributed by atoms with Crippen LogP contribution in [0.2, 0.25) is 5.02 Å². The maximum absolute atomic E-state index is 11.5. The fourth-order valence-electron chi connectivity index (χ4n) is 1.41. The molecular formula is C11H13ClN2O. The second kappa shape index (κ2) is 4.19. The Hall–Kier alpha value is -1.09. The highest BCUT2D eigenvalue weighted by atomic mass is 35.5. The molecule has 1 amide bonds. The smallest absolute Gasteiger partial charge is 0.228 e. The fraction of sp³-hybridized carbons (Fsp3) is 0.455. The number of anilines is 1. The van der Waals surface area contributed by atoms with E-state index >= 15 is 0 Å². The lowest BCUT2D eigenvalue weighted by Gasteiger charge is -2.07. The average Bonchev–Trinajstić information content (AvgIpc) is 3.04. The fourth-order valence-corrected chi connectivity index (χ4v) is 1.70. The van der Waals surface area contributed by atoms with Crippen molar-refractivity contribution < 1.29 is 4.79 Å². The summed E-state index contributed by atoms with van der Waals surface area (Å²) < 4.78 is 0. The van der Waals surface area contributed by atoms with Crippen LogP contribution < -0.4 is 5.32 Å². The summed E-state index contributed by atoms with van der Waals surface area (Å²) in [5, 5.41) is 3.33. The van der Waals surface area contributed by atoms with E-state index in [2.05, 4.69) is 10.3 Å². The van der Waals surface area contributed by atoms with Gasteiger partial charge in [-0.25, -0.2) is 4.98 Å². The Morgan fingerprint density at radius 3 is 3.00 bits per heavy atom. The van der Waals surface area contributed by atoms with Gasteiger partial charge in [-0.3, -0.25) is 4.79 Å². The highest BCUT2D eigenvalue weighted by molar-refractivity contribution is 6.34. The molecule has 1 fully saturated rings. The first kappa shape index (κ1) is 10.4. The van der Waals surface area contributed by atoms with Crippen LogP contribution in [0.15, 0.2) is 12.3 Å². The van der Waals surface area contributed by atoms with Gasteiger partial charge in [-0.15, -0.1) is 0 Å². The molecule has 0 unspecified atom stereocenters. The Labute approximate surface area is 93.8 Å². The Morgan fingerprint density at radius 2 is 2.40 bits per heavy atom. The number of rotatable bonds is 3. The zero-order valence-electron chi connectivity index (χ0n) is 8.59. The highest BCUT2D eigenvalue weighted by Gasteiger charge is 2.30. The van der Waals surface area contributed by atoms with Crippen LogP contribution in [0, 0.1) is 5.92 Å². The standard InChI is InChI=1S/C11H13ClN2O/c1-2-7-5-6-13-10(9(7)12)14-11(15)8-3-4-8/h5-6,8H,2-4H2,1H3,(H,13,14,15). The maximum atomic E-state index is 11.5. The Balaban J connectivity index is 2.16. The van der Waals surface area contributed by atoms with Gasteiger partial charge in [0.05, 0.1) is 5.02 Å². The quantitative estimate of drug-likeness (QED) is 0.858. The van der Waals surface area contributed by atoms with Gasteiger partial charge in [-0.1, -0.05) is 18.5 Å². The van der Waals surface area contributed by atoms with Crippen molar-refractivity contribution >= 4 is 23.3 Å². The minimum atomic E-state index is 0.0395. The zero-order chi connectivity index (χ0) is 10.8. The van der Waals surface area contributed by atoms with Gasteiger partial charge in [-0.2, -0.15) is 0 Å². The van der Waals surface area contributed by atoms with E-state index in [0.717, 1.165) is 24.8 Å². The predicted molar refractivity (Wildman–Crippen MR) is 60.0 cm³/mol. The first-order valence-corrected chi connectivity index (χ1v) is 5.54. The minimum Gasteiger partial charge on any atom is -0.309 e. The Kier molecular flexibility index (Phi) is 2.91. The van der Waals surface area contributed by atoms with Gasteiger partial charge >= 0.3 is 0 Å². The molecule has 1 aromatic rings. The van der Waals surface area contributed by atoms with Gasteiger partial charge in [0.15, 0.2) is 5.82 Å². The van der Waals surface area contributed by atoms with Gasteiger partial charge in [0.25, 0.3) is 0 Å². The lowest BCUT2D eigenvalue weighted by molar-refractivity contribution is -0.117. The van der Waals surface area contributed by atoms with E-state index in [4.69, 9.17) is 11.6 Å². The van der Waals surface area contributed by atoms with E-state index in [0.29, 0.717) is 10.8 Å². The molecule has 1 aromatic heterocycles. The van der Waals surface area contributed by atoms with E-state index in [1.807, 2.05) is 13.0 Å². The number of halogens is 1. The van der Waals surface area contributed by atoms with Crippen LogP contribution >= 0.6 is 11.6 Å². The van der Waals surface area contributed by atoms with Crippen molar-refractivity contribution in [1.29, 1.82) is 0 Å². The van der Waals surface area contributed by atoms with Gasteiger partial charge in [0.2, 0.25) is 5.91 Å². The zero-order valence-corrected chi connectivity index (χ0v) is 9.34. The second-order valence-electron chi connectivity index (χ2n) is 3.75. The van der Waals surface area contributed by atoms with Gasteiger partial charge in [0, 0.05) is 12.1 Å². The number of nitrogens with one attached hydrogen (secondary N) is 1. The molecule has 1 N–H and O–H groups in total. The molecule has 1 saturated carbocycles. The van der Waals surface area contributed by atoms with Crippen molar-refractivity contribution in [3.63, 3.8) is 0 Å². The predicted octanol–water partition coefficient (Wildman–Crippen LogP) is 2.65. The lowest BCUT2D eigenvalue weighted by Crippen LogP contribution is -2.15. The third-order valence-corrected chi connectivity index (χ3v) is 2.96. The van der Waals surface area contributed by atoms with E-state index in [9.17, 15) is 4.79 Å². The van der Waals surface area contributed by atoms with E-state index in [-0.39, 0.29) is 11.8 Å². The van der Waals surface area contributed by atoms with Crippen LogP contribution in [0.3, 0.4) is 0 Å². The number of amides is 1. The molecule has 0 saturated heterocycles. The molecule has 80 valence electrons. The van der Waals surface area contributed by atoms with Crippen LogP contribution in [0.1, 0.15) is 25.3 Å². The molecule has 0 aliphatic heterocycles. The normalized spacial score (nSPS) is 15.1. The molecule has 0 spiro atoms. The van der Waals surface area contributed by atoms with Gasteiger partial charge in [-0.05, 0) is 30.9 Å². The summed E-state index contributed by atoms with van der Waals surface area (Å²) in [5.74, 6) is 0.707. The van der Waals surface area contributed by atoms with Crippen LogP contribution in [0.5, 0.6) is 0 Å². The molecule has 3 nitrogen and oxygen atoms in total. The topological polar surface area (TPSA) is 42.0 Å². The number of carbonyl (C=O) groups excluding carboxylic acids is 1. The molecular weight excluding hydrogens is 212 g/mol. The number of hydrogen-bond donors (Lipinski definition) is 1. The monoisotopic (exact) mass is 224 g/mol. The SMILES string of the molecule is CCc1ccnc(NC(=O)C2CC2)c1Cl. The first-order chi connectivity index (χ1) is 7.22. The Morgan fingerprint density at radius 1 is 1.67 bits per heavy atom. The lowest BCUT2D eigenvalue weighted by atomic mass is 10.2. The summed E-state index contributed by atoms with van der Waals surface area (Å²) in [6, 6.07) is 1.87. The molecule has 1 aliphatic rings. The number of aryl methyl sites for hydroxylation is 1. The molecule has 4 heteroatoms. The molecule has 1 heterocycles. The minimum absolute atomic E-state index is 0.0395.